The summed E-state index contributed by atoms with van der Waals surface area (Å²) < 4.78 is 0. The minimum Gasteiger partial charge on any atom is -0.329 e. The maximum absolute atomic E-state index is 5.18. The van der Waals surface area contributed by atoms with Crippen molar-refractivity contribution in [2.45, 2.75) is 5.94 Å². The summed E-state index contributed by atoms with van der Waals surface area (Å²) in [5.74, 6) is 0.137. The van der Waals surface area contributed by atoms with Gasteiger partial charge in [-0.1, -0.05) is 0 Å². The molecule has 2 N–H and O–H groups in total. The van der Waals surface area contributed by atoms with Crippen LogP contribution in [0.25, 0.3) is 0 Å². The zero-order chi connectivity index (χ0) is 5.70. The molecule has 7 heavy (non-hydrogen) atoms. The molecule has 0 aromatic heterocycles. The first kappa shape index (κ1) is 6.82. The van der Waals surface area contributed by atoms with Crippen molar-refractivity contribution in [1.82, 2.24) is 0 Å². The van der Waals surface area contributed by atoms with Crippen molar-refractivity contribution in [3.63, 3.8) is 0 Å². The fraction of sp³-hybridized carbons (Fsp3) is 0.667. The molecule has 38 valence electrons. The van der Waals surface area contributed by atoms with Crippen LogP contribution >= 0.6 is 12.2 Å². The quantitative estimate of drug-likeness (QED) is 0.284. The number of thiocarbonyl (C=S) groups is 1. The van der Waals surface area contributed by atoms with Gasteiger partial charge in [-0.15, -0.1) is 0 Å². The summed E-state index contributed by atoms with van der Waals surface area (Å²) in [5, 5.41) is 2.25. The first-order chi connectivity index (χ1) is 3.31. The van der Waals surface area contributed by atoms with Gasteiger partial charge in [-0.05, 0) is 12.2 Å². The average Bonchev–Trinajstić information content (AvgIpc) is 1.68. The predicted molar refractivity (Wildman–Crippen MR) is 36.4 cm³/mol. The third-order valence-corrected chi connectivity index (χ3v) is 0.720. The second-order valence-electron chi connectivity index (χ2n) is 1.31. The summed E-state index contributed by atoms with van der Waals surface area (Å²) in [6, 6.07) is 0. The maximum atomic E-state index is 5.18. The average molecular weight is 114 g/mol. The van der Waals surface area contributed by atoms with Gasteiger partial charge in [-0.2, -0.15) is 0 Å². The Morgan fingerprint density at radius 1 is 2.00 bits per heavy atom. The lowest BCUT2D eigenvalue weighted by Crippen LogP contribution is -2.17. The van der Waals surface area contributed by atoms with Crippen LogP contribution in [0.5, 0.6) is 0 Å². The van der Waals surface area contributed by atoms with Crippen LogP contribution in [0.1, 0.15) is 0 Å². The minimum atomic E-state index is 0.137. The van der Waals surface area contributed by atoms with Crippen molar-refractivity contribution in [3.05, 3.63) is 0 Å². The van der Waals surface area contributed by atoms with Crippen LogP contribution < -0.4 is 5.73 Å². The highest BCUT2D eigenvalue weighted by atomic mass is 32.1. The van der Waals surface area contributed by atoms with E-state index in [4.69, 9.17) is 5.73 Å². The predicted octanol–water partition coefficient (Wildman–Crippen LogP) is -0.993. The third kappa shape index (κ3) is 3.66. The standard InChI is InChI=1S/C3H7BN2S/c4-3(1-5)6-2-7/h3H,1,4-5H2. The molecule has 4 heteroatoms. The van der Waals surface area contributed by atoms with Crippen LogP contribution in [-0.4, -0.2) is 25.5 Å². The molecular weight excluding hydrogens is 107 g/mol. The van der Waals surface area contributed by atoms with Crippen LogP contribution in [0.2, 0.25) is 0 Å². The summed E-state index contributed by atoms with van der Waals surface area (Å²) in [7, 11) is 1.89. The lowest BCUT2D eigenvalue weighted by molar-refractivity contribution is 0.908. The molecule has 0 heterocycles. The van der Waals surface area contributed by atoms with Crippen LogP contribution in [0.15, 0.2) is 4.99 Å². The first-order valence-corrected chi connectivity index (χ1v) is 2.49. The van der Waals surface area contributed by atoms with Gasteiger partial charge in [0.25, 0.3) is 0 Å². The molecule has 0 rings (SSSR count). The first-order valence-electron chi connectivity index (χ1n) is 2.08. The molecule has 0 radical (unpaired) electrons. The maximum Gasteiger partial charge on any atom is 0.136 e. The smallest absolute Gasteiger partial charge is 0.136 e. The second kappa shape index (κ2) is 4.00. The van der Waals surface area contributed by atoms with Crippen molar-refractivity contribution in [1.29, 1.82) is 0 Å². The van der Waals surface area contributed by atoms with Crippen molar-refractivity contribution in [3.8, 4) is 0 Å². The van der Waals surface area contributed by atoms with E-state index in [1.165, 1.54) is 0 Å². The number of rotatable bonds is 2. The Labute approximate surface area is 49.2 Å². The Kier molecular flexibility index (Phi) is 3.90. The molecule has 0 fully saturated rings. The van der Waals surface area contributed by atoms with Gasteiger partial charge in [0.05, 0.1) is 5.16 Å². The van der Waals surface area contributed by atoms with E-state index in [1.54, 1.807) is 0 Å². The Morgan fingerprint density at radius 2 is 2.57 bits per heavy atom. The van der Waals surface area contributed by atoms with Crippen molar-refractivity contribution in [2.75, 3.05) is 6.54 Å². The fourth-order valence-corrected chi connectivity index (χ4v) is 0.323. The van der Waals surface area contributed by atoms with Gasteiger partial charge < -0.3 is 5.73 Å². The lowest BCUT2D eigenvalue weighted by Gasteiger charge is -1.92. The van der Waals surface area contributed by atoms with Crippen molar-refractivity contribution in [2.24, 2.45) is 10.7 Å². The molecule has 1 atom stereocenters. The molecule has 0 saturated carbocycles. The Morgan fingerprint density at radius 3 is 2.71 bits per heavy atom. The number of nitrogens with two attached hydrogens (primary N) is 1. The molecule has 0 aromatic rings. The molecule has 0 saturated heterocycles. The molecule has 1 unspecified atom stereocenters. The molecule has 0 aliphatic rings. The molecule has 2 nitrogen and oxygen atoms in total. The van der Waals surface area contributed by atoms with Crippen molar-refractivity contribution < 1.29 is 0 Å². The third-order valence-electron chi connectivity index (χ3n) is 0.614. The van der Waals surface area contributed by atoms with E-state index < -0.39 is 0 Å². The largest absolute Gasteiger partial charge is 0.329 e. The zero-order valence-corrected chi connectivity index (χ0v) is 5.03. The fourth-order valence-electron chi connectivity index (χ4n) is 0.143. The minimum absolute atomic E-state index is 0.137. The molecular formula is C3H7BN2S. The van der Waals surface area contributed by atoms with E-state index in [0.29, 0.717) is 6.54 Å². The van der Waals surface area contributed by atoms with Gasteiger partial charge in [-0.25, -0.2) is 4.99 Å². The van der Waals surface area contributed by atoms with Gasteiger partial charge >= 0.3 is 0 Å². The van der Waals surface area contributed by atoms with E-state index in [9.17, 15) is 0 Å². The highest BCUT2D eigenvalue weighted by Gasteiger charge is 1.88. The van der Waals surface area contributed by atoms with E-state index in [1.807, 2.05) is 7.85 Å². The van der Waals surface area contributed by atoms with Gasteiger partial charge in [0.15, 0.2) is 0 Å². The van der Waals surface area contributed by atoms with E-state index in [-0.39, 0.29) is 5.94 Å². The molecule has 0 aromatic carbocycles. The highest BCUT2D eigenvalue weighted by molar-refractivity contribution is 7.78. The molecule has 0 aliphatic carbocycles. The van der Waals surface area contributed by atoms with Gasteiger partial charge in [0, 0.05) is 12.5 Å². The summed E-state index contributed by atoms with van der Waals surface area (Å²) in [6.07, 6.45) is 0. The Balaban J connectivity index is 3.35. The van der Waals surface area contributed by atoms with Gasteiger partial charge in [-0.3, -0.25) is 0 Å². The van der Waals surface area contributed by atoms with Gasteiger partial charge in [0.1, 0.15) is 7.85 Å². The summed E-state index contributed by atoms with van der Waals surface area (Å²) in [6.45, 7) is 0.545. The monoisotopic (exact) mass is 114 g/mol. The van der Waals surface area contributed by atoms with Crippen molar-refractivity contribution >= 4 is 25.2 Å². The molecule has 0 aliphatic heterocycles. The molecule has 0 amide bonds. The summed E-state index contributed by atoms with van der Waals surface area (Å²) >= 11 is 4.32. The summed E-state index contributed by atoms with van der Waals surface area (Å²) in [5.41, 5.74) is 5.18. The van der Waals surface area contributed by atoms with Crippen LogP contribution in [0.4, 0.5) is 0 Å². The highest BCUT2D eigenvalue weighted by Crippen LogP contribution is 1.73. The number of isothiocyanates is 1. The number of hydrogen-bond donors (Lipinski definition) is 1. The van der Waals surface area contributed by atoms with E-state index in [0.717, 1.165) is 0 Å². The zero-order valence-electron chi connectivity index (χ0n) is 4.22. The number of nitrogens with zero attached hydrogens (tertiary/aromatic N) is 1. The second-order valence-corrected chi connectivity index (χ2v) is 1.49. The molecule has 0 bridgehead atoms. The van der Waals surface area contributed by atoms with Crippen LogP contribution in [-0.2, 0) is 0 Å². The molecule has 0 spiro atoms. The normalized spacial score (nSPS) is 12.1. The van der Waals surface area contributed by atoms with Gasteiger partial charge in [0.2, 0.25) is 0 Å². The lowest BCUT2D eigenvalue weighted by atomic mass is 9.98. The topological polar surface area (TPSA) is 38.4 Å². The Bertz CT molecular complexity index is 88.9. The summed E-state index contributed by atoms with van der Waals surface area (Å²) in [4.78, 5) is 3.68. The van der Waals surface area contributed by atoms with E-state index >= 15 is 0 Å². The van der Waals surface area contributed by atoms with E-state index in [2.05, 4.69) is 22.4 Å². The van der Waals surface area contributed by atoms with Crippen LogP contribution in [0.3, 0.4) is 0 Å². The SMILES string of the molecule is BC(CN)N=C=S. The van der Waals surface area contributed by atoms with Crippen LogP contribution in [0, 0.1) is 0 Å². The number of hydrogen-bond acceptors (Lipinski definition) is 3. The Hall–Kier alpha value is -0.175. The number of aliphatic imine (C=N–C) groups is 1.